The summed E-state index contributed by atoms with van der Waals surface area (Å²) in [6, 6.07) is 6.64. The number of H-pyrrole nitrogens is 1. The van der Waals surface area contributed by atoms with E-state index in [1.54, 1.807) is 41.9 Å². The molecule has 1 aromatic carbocycles. The third-order valence-electron chi connectivity index (χ3n) is 5.15. The van der Waals surface area contributed by atoms with Gasteiger partial charge in [0.2, 0.25) is 10.0 Å². The lowest BCUT2D eigenvalue weighted by atomic mass is 10.1. The first-order valence-corrected chi connectivity index (χ1v) is 12.8. The van der Waals surface area contributed by atoms with Gasteiger partial charge in [0, 0.05) is 22.7 Å². The van der Waals surface area contributed by atoms with Crippen LogP contribution in [0.5, 0.6) is 0 Å². The minimum Gasteiger partial charge on any atom is -0.321 e. The average molecular weight is 464 g/mol. The van der Waals surface area contributed by atoms with Crippen molar-refractivity contribution in [2.24, 2.45) is 0 Å². The Morgan fingerprint density at radius 2 is 1.97 bits per heavy atom. The molecule has 0 spiro atoms. The van der Waals surface area contributed by atoms with Crippen LogP contribution in [0.2, 0.25) is 0 Å². The van der Waals surface area contributed by atoms with E-state index in [0.29, 0.717) is 27.4 Å². The largest absolute Gasteiger partial charge is 0.321 e. The van der Waals surface area contributed by atoms with Crippen LogP contribution in [-0.2, 0) is 10.0 Å². The van der Waals surface area contributed by atoms with Crippen LogP contribution in [0.4, 0.5) is 5.69 Å². The minimum atomic E-state index is -3.80. The van der Waals surface area contributed by atoms with Crippen molar-refractivity contribution in [3.05, 3.63) is 55.1 Å². The number of anilines is 1. The van der Waals surface area contributed by atoms with Crippen LogP contribution < -0.4 is 14.9 Å². The van der Waals surface area contributed by atoms with Crippen molar-refractivity contribution in [3.8, 4) is 11.3 Å². The van der Waals surface area contributed by atoms with E-state index < -0.39 is 10.0 Å². The quantitative estimate of drug-likeness (QED) is 0.514. The van der Waals surface area contributed by atoms with Gasteiger partial charge in [0.25, 0.3) is 5.91 Å². The lowest BCUT2D eigenvalue weighted by Gasteiger charge is -2.18. The highest BCUT2D eigenvalue weighted by molar-refractivity contribution is 7.89. The van der Waals surface area contributed by atoms with E-state index in [4.69, 9.17) is 0 Å². The molecule has 1 saturated carbocycles. The van der Waals surface area contributed by atoms with Crippen molar-refractivity contribution < 1.29 is 13.2 Å². The van der Waals surface area contributed by atoms with E-state index in [-0.39, 0.29) is 21.7 Å². The number of hydrogen-bond donors (Lipinski definition) is 3. The number of sulfonamides is 1. The van der Waals surface area contributed by atoms with Crippen molar-refractivity contribution in [3.63, 3.8) is 0 Å². The average Bonchev–Trinajstić information content (AvgIpc) is 3.45. The van der Waals surface area contributed by atoms with Gasteiger partial charge < -0.3 is 10.3 Å². The van der Waals surface area contributed by atoms with E-state index >= 15 is 0 Å². The number of aromatic amines is 1. The second-order valence-electron chi connectivity index (χ2n) is 7.24. The molecule has 1 fully saturated rings. The first-order valence-electron chi connectivity index (χ1n) is 9.53. The van der Waals surface area contributed by atoms with Gasteiger partial charge >= 0.3 is 4.87 Å². The number of benzene rings is 1. The molecule has 0 radical (unpaired) electrons. The molecule has 0 bridgehead atoms. The van der Waals surface area contributed by atoms with Crippen LogP contribution in [-0.4, -0.2) is 25.4 Å². The number of hydrogen-bond acceptors (Lipinski definition) is 6. The molecule has 1 amide bonds. The third-order valence-corrected chi connectivity index (χ3v) is 8.34. The number of nitrogens with one attached hydrogen (secondary N) is 3. The summed E-state index contributed by atoms with van der Waals surface area (Å²) in [6.07, 6.45) is 3.64. The Labute approximate surface area is 182 Å². The maximum atomic E-state index is 13.2. The molecule has 1 aliphatic carbocycles. The Bertz CT molecular complexity index is 1220. The molecule has 7 nitrogen and oxygen atoms in total. The third kappa shape index (κ3) is 4.41. The fourth-order valence-electron chi connectivity index (χ4n) is 3.59. The SMILES string of the molecule is Cc1c(NC(=O)c2cccs2)cc(-c2csc(=O)[nH]2)cc1S(=O)(=O)NC1CCCC1. The van der Waals surface area contributed by atoms with Crippen molar-refractivity contribution >= 4 is 44.3 Å². The molecule has 0 saturated heterocycles. The molecule has 3 aromatic rings. The van der Waals surface area contributed by atoms with Crippen LogP contribution in [0.15, 0.2) is 44.7 Å². The first kappa shape index (κ1) is 21.0. The summed E-state index contributed by atoms with van der Waals surface area (Å²) >= 11 is 2.30. The standard InChI is InChI=1S/C20H21N3O4S3/c1-12-15(21-19(24)17-7-4-8-28-17)9-13(16-11-29-20(25)22-16)10-18(12)30(26,27)23-14-5-2-3-6-14/h4,7-11,14,23H,2-3,5-6H2,1H3,(H,21,24)(H,22,25). The lowest BCUT2D eigenvalue weighted by Crippen LogP contribution is -2.33. The van der Waals surface area contributed by atoms with Crippen molar-refractivity contribution in [1.82, 2.24) is 9.71 Å². The van der Waals surface area contributed by atoms with Crippen molar-refractivity contribution in [2.75, 3.05) is 5.32 Å². The Hall–Kier alpha value is -2.27. The summed E-state index contributed by atoms with van der Waals surface area (Å²) in [7, 11) is -3.80. The normalized spacial score (nSPS) is 14.8. The van der Waals surface area contributed by atoms with Gasteiger partial charge in [-0.2, -0.15) is 0 Å². The predicted octanol–water partition coefficient (Wildman–Crippen LogP) is 3.95. The number of carbonyl (C=O) groups is 1. The van der Waals surface area contributed by atoms with Gasteiger partial charge in [-0.25, -0.2) is 13.1 Å². The predicted molar refractivity (Wildman–Crippen MR) is 120 cm³/mol. The summed E-state index contributed by atoms with van der Waals surface area (Å²) in [5.74, 6) is -0.309. The van der Waals surface area contributed by atoms with E-state index in [9.17, 15) is 18.0 Å². The zero-order valence-corrected chi connectivity index (χ0v) is 18.7. The van der Waals surface area contributed by atoms with Crippen LogP contribution in [0.25, 0.3) is 11.3 Å². The Kier molecular flexibility index (Phi) is 5.92. The molecule has 1 aliphatic rings. The van der Waals surface area contributed by atoms with Crippen LogP contribution in [0, 0.1) is 6.92 Å². The zero-order valence-electron chi connectivity index (χ0n) is 16.2. The summed E-state index contributed by atoms with van der Waals surface area (Å²) in [5.41, 5.74) is 1.87. The maximum Gasteiger partial charge on any atom is 0.304 e. The van der Waals surface area contributed by atoms with E-state index in [0.717, 1.165) is 37.0 Å². The second-order valence-corrected chi connectivity index (χ2v) is 10.7. The lowest BCUT2D eigenvalue weighted by molar-refractivity contribution is 0.103. The van der Waals surface area contributed by atoms with Gasteiger partial charge in [0.05, 0.1) is 15.5 Å². The van der Waals surface area contributed by atoms with E-state index in [1.165, 1.54) is 11.3 Å². The molecular weight excluding hydrogens is 442 g/mol. The molecule has 0 aliphatic heterocycles. The highest BCUT2D eigenvalue weighted by Crippen LogP contribution is 2.32. The monoisotopic (exact) mass is 463 g/mol. The van der Waals surface area contributed by atoms with Crippen molar-refractivity contribution in [1.29, 1.82) is 0 Å². The first-order chi connectivity index (χ1) is 14.3. The number of rotatable bonds is 6. The fourth-order valence-corrected chi connectivity index (χ4v) is 6.40. The smallest absolute Gasteiger partial charge is 0.304 e. The molecular formula is C20H21N3O4S3. The number of amides is 1. The second kappa shape index (κ2) is 8.46. The molecule has 0 atom stereocenters. The summed E-state index contributed by atoms with van der Waals surface area (Å²) in [6.45, 7) is 1.67. The van der Waals surface area contributed by atoms with Crippen LogP contribution in [0.1, 0.15) is 40.9 Å². The zero-order chi connectivity index (χ0) is 21.3. The maximum absolute atomic E-state index is 13.2. The highest BCUT2D eigenvalue weighted by Gasteiger charge is 2.26. The van der Waals surface area contributed by atoms with Crippen LogP contribution >= 0.6 is 22.7 Å². The molecule has 2 aromatic heterocycles. The summed E-state index contributed by atoms with van der Waals surface area (Å²) in [4.78, 5) is 27.3. The van der Waals surface area contributed by atoms with Gasteiger partial charge in [-0.3, -0.25) is 9.59 Å². The van der Waals surface area contributed by atoms with Crippen molar-refractivity contribution in [2.45, 2.75) is 43.5 Å². The minimum absolute atomic E-state index is 0.0804. The summed E-state index contributed by atoms with van der Waals surface area (Å²) in [5, 5.41) is 6.27. The highest BCUT2D eigenvalue weighted by atomic mass is 32.2. The number of carbonyl (C=O) groups excluding carboxylic acids is 1. The molecule has 10 heteroatoms. The topological polar surface area (TPSA) is 108 Å². The van der Waals surface area contributed by atoms with E-state index in [1.807, 2.05) is 0 Å². The van der Waals surface area contributed by atoms with Gasteiger partial charge in [-0.15, -0.1) is 11.3 Å². The van der Waals surface area contributed by atoms with Gasteiger partial charge in [-0.05, 0) is 48.9 Å². The molecule has 4 rings (SSSR count). The molecule has 30 heavy (non-hydrogen) atoms. The summed E-state index contributed by atoms with van der Waals surface area (Å²) < 4.78 is 29.1. The van der Waals surface area contributed by atoms with Gasteiger partial charge in [-0.1, -0.05) is 30.2 Å². The van der Waals surface area contributed by atoms with Crippen LogP contribution in [0.3, 0.4) is 0 Å². The fraction of sp³-hybridized carbons (Fsp3) is 0.300. The Morgan fingerprint density at radius 1 is 1.20 bits per heavy atom. The Balaban J connectivity index is 1.77. The number of aromatic nitrogens is 1. The molecule has 2 heterocycles. The number of thiophene rings is 1. The van der Waals surface area contributed by atoms with Gasteiger partial charge in [0.1, 0.15) is 0 Å². The van der Waals surface area contributed by atoms with E-state index in [2.05, 4.69) is 15.0 Å². The Morgan fingerprint density at radius 3 is 2.60 bits per heavy atom. The van der Waals surface area contributed by atoms with Gasteiger partial charge in [0.15, 0.2) is 0 Å². The molecule has 0 unspecified atom stereocenters. The molecule has 158 valence electrons. The molecule has 3 N–H and O–H groups in total. The number of thiazole rings is 1.